The van der Waals surface area contributed by atoms with Crippen LogP contribution in [-0.4, -0.2) is 30.7 Å². The predicted molar refractivity (Wildman–Crippen MR) is 75.3 cm³/mol. The van der Waals surface area contributed by atoms with Gasteiger partial charge in [-0.1, -0.05) is 19.8 Å². The summed E-state index contributed by atoms with van der Waals surface area (Å²) >= 11 is 0. The van der Waals surface area contributed by atoms with Gasteiger partial charge in [0.25, 0.3) is 0 Å². The Morgan fingerprint density at radius 1 is 0.833 bits per heavy atom. The quantitative estimate of drug-likeness (QED) is 0.313. The molecule has 104 valence electrons. The molecule has 0 aliphatic carbocycles. The molecule has 0 aromatic rings. The molecule has 0 bridgehead atoms. The van der Waals surface area contributed by atoms with Crippen molar-refractivity contribution >= 4 is 0 Å². The highest BCUT2D eigenvalue weighted by molar-refractivity contribution is 4.77. The minimum absolute atomic E-state index is 1.30. The lowest BCUT2D eigenvalue weighted by molar-refractivity contribution is -0.923. The van der Waals surface area contributed by atoms with E-state index in [2.05, 4.69) is 27.7 Å². The van der Waals surface area contributed by atoms with Crippen LogP contribution >= 0.6 is 0 Å². The highest BCUT2D eigenvalue weighted by Gasteiger charge is 2.19. The van der Waals surface area contributed by atoms with Gasteiger partial charge in [-0.2, -0.15) is 10.5 Å². The van der Waals surface area contributed by atoms with Crippen LogP contribution in [0.1, 0.15) is 53.4 Å². The second-order valence-electron chi connectivity index (χ2n) is 4.42. The average molecular weight is 253 g/mol. The first-order chi connectivity index (χ1) is 8.66. The fourth-order valence-electron chi connectivity index (χ4n) is 2.04. The fraction of sp³-hybridized carbons (Fsp3) is 0.857. The van der Waals surface area contributed by atoms with Crippen LogP contribution in [0.15, 0.2) is 0 Å². The van der Waals surface area contributed by atoms with E-state index < -0.39 is 0 Å². The molecular formula is C14H29N4+. The molecule has 0 saturated carbocycles. The molecule has 0 atom stereocenters. The Morgan fingerprint density at radius 3 is 1.61 bits per heavy atom. The first kappa shape index (κ1) is 19.1. The molecule has 0 aromatic heterocycles. The molecule has 18 heavy (non-hydrogen) atoms. The Hall–Kier alpha value is -1.26. The summed E-state index contributed by atoms with van der Waals surface area (Å²) in [4.78, 5) is 0. The van der Waals surface area contributed by atoms with Gasteiger partial charge in [-0.05, 0) is 33.6 Å². The third kappa shape index (κ3) is 9.93. The van der Waals surface area contributed by atoms with E-state index in [1.807, 2.05) is 0 Å². The lowest BCUT2D eigenvalue weighted by Gasteiger charge is -2.35. The Labute approximate surface area is 113 Å². The molecule has 0 amide bonds. The van der Waals surface area contributed by atoms with E-state index in [1.54, 1.807) is 5.32 Å². The zero-order valence-corrected chi connectivity index (χ0v) is 12.5. The first-order valence-corrected chi connectivity index (χ1v) is 7.04. The van der Waals surface area contributed by atoms with Crippen LogP contribution in [0.4, 0.5) is 0 Å². The van der Waals surface area contributed by atoms with Crippen molar-refractivity contribution in [1.29, 1.82) is 10.5 Å². The van der Waals surface area contributed by atoms with Crippen molar-refractivity contribution in [2.45, 2.75) is 53.4 Å². The van der Waals surface area contributed by atoms with E-state index in [1.165, 1.54) is 68.7 Å². The Bertz CT molecular complexity index is 225. The van der Waals surface area contributed by atoms with Gasteiger partial charge in [-0.3, -0.25) is 0 Å². The standard InChI is InChI=1S/C12H28N.C2HN3/c1-5-9-10-11-12-13(6-2,7-3)8-4;3-1-5-2-4/h5-12H2,1-4H3;5H/q+1;. The second-order valence-corrected chi connectivity index (χ2v) is 4.42. The van der Waals surface area contributed by atoms with Gasteiger partial charge in [-0.15, -0.1) is 0 Å². The van der Waals surface area contributed by atoms with Gasteiger partial charge in [0.15, 0.2) is 12.4 Å². The van der Waals surface area contributed by atoms with Crippen LogP contribution in [0.5, 0.6) is 0 Å². The lowest BCUT2D eigenvalue weighted by Crippen LogP contribution is -2.48. The zero-order valence-electron chi connectivity index (χ0n) is 12.5. The van der Waals surface area contributed by atoms with Gasteiger partial charge in [0.2, 0.25) is 0 Å². The Kier molecular flexibility index (Phi) is 14.6. The van der Waals surface area contributed by atoms with E-state index in [0.717, 1.165) is 0 Å². The van der Waals surface area contributed by atoms with Crippen LogP contribution in [0, 0.1) is 22.9 Å². The molecule has 0 fully saturated rings. The van der Waals surface area contributed by atoms with Crippen LogP contribution in [0.2, 0.25) is 0 Å². The van der Waals surface area contributed by atoms with Crippen molar-refractivity contribution in [1.82, 2.24) is 5.32 Å². The third-order valence-electron chi connectivity index (χ3n) is 3.61. The van der Waals surface area contributed by atoms with Gasteiger partial charge in [-0.25, -0.2) is 5.32 Å². The van der Waals surface area contributed by atoms with Crippen LogP contribution in [-0.2, 0) is 0 Å². The number of unbranched alkanes of at least 4 members (excludes halogenated alkanes) is 3. The maximum Gasteiger partial charge on any atom is 0.190 e. The summed E-state index contributed by atoms with van der Waals surface area (Å²) in [5, 5.41) is 16.7. The van der Waals surface area contributed by atoms with Gasteiger partial charge in [0, 0.05) is 0 Å². The molecule has 1 N–H and O–H groups in total. The largest absolute Gasteiger partial charge is 0.324 e. The molecule has 0 aromatic carbocycles. The monoisotopic (exact) mass is 253 g/mol. The zero-order chi connectivity index (χ0) is 14.3. The van der Waals surface area contributed by atoms with Crippen molar-refractivity contribution in [3.63, 3.8) is 0 Å². The minimum atomic E-state index is 1.30. The van der Waals surface area contributed by atoms with Crippen molar-refractivity contribution in [3.05, 3.63) is 0 Å². The minimum Gasteiger partial charge on any atom is -0.324 e. The van der Waals surface area contributed by atoms with Gasteiger partial charge >= 0.3 is 0 Å². The molecule has 0 aliphatic rings. The van der Waals surface area contributed by atoms with Gasteiger partial charge in [0.05, 0.1) is 26.2 Å². The fourth-order valence-corrected chi connectivity index (χ4v) is 2.04. The Balaban J connectivity index is 0. The van der Waals surface area contributed by atoms with Crippen molar-refractivity contribution in [3.8, 4) is 12.4 Å². The molecule has 4 nitrogen and oxygen atoms in total. The molecule has 0 aliphatic heterocycles. The summed E-state index contributed by atoms with van der Waals surface area (Å²) in [5.74, 6) is 0. The highest BCUT2D eigenvalue weighted by atomic mass is 15.3. The molecule has 0 unspecified atom stereocenters. The summed E-state index contributed by atoms with van der Waals surface area (Å²) in [6.45, 7) is 14.6. The number of nitriles is 2. The molecule has 0 spiro atoms. The number of nitrogens with zero attached hydrogens (tertiary/aromatic N) is 3. The van der Waals surface area contributed by atoms with E-state index in [9.17, 15) is 0 Å². The summed E-state index contributed by atoms with van der Waals surface area (Å²) in [6, 6.07) is 0. The van der Waals surface area contributed by atoms with Gasteiger partial charge in [0.1, 0.15) is 0 Å². The molecule has 0 rings (SSSR count). The number of nitrogens with one attached hydrogen (secondary N) is 1. The maximum absolute atomic E-state index is 7.48. The maximum atomic E-state index is 7.48. The van der Waals surface area contributed by atoms with E-state index in [-0.39, 0.29) is 0 Å². The molecule has 4 heteroatoms. The predicted octanol–water partition coefficient (Wildman–Crippen LogP) is 2.98. The SMILES string of the molecule is CCCCCC[N+](CC)(CC)CC.N#CNC#N. The third-order valence-corrected chi connectivity index (χ3v) is 3.61. The summed E-state index contributed by atoms with van der Waals surface area (Å²) in [6.07, 6.45) is 8.42. The van der Waals surface area contributed by atoms with Crippen molar-refractivity contribution in [2.24, 2.45) is 0 Å². The highest BCUT2D eigenvalue weighted by Crippen LogP contribution is 2.10. The lowest BCUT2D eigenvalue weighted by atomic mass is 10.2. The van der Waals surface area contributed by atoms with E-state index >= 15 is 0 Å². The number of hydrogen-bond donors (Lipinski definition) is 1. The van der Waals surface area contributed by atoms with Crippen LogP contribution in [0.25, 0.3) is 0 Å². The summed E-state index contributed by atoms with van der Waals surface area (Å²) in [7, 11) is 0. The molecule has 0 heterocycles. The van der Waals surface area contributed by atoms with Crippen molar-refractivity contribution < 1.29 is 4.48 Å². The summed E-state index contributed by atoms with van der Waals surface area (Å²) < 4.78 is 1.32. The molecule has 0 saturated heterocycles. The number of quaternary nitrogens is 1. The molecular weight excluding hydrogens is 224 g/mol. The van der Waals surface area contributed by atoms with Crippen LogP contribution in [0.3, 0.4) is 0 Å². The normalized spacial score (nSPS) is 9.67. The Morgan fingerprint density at radius 2 is 1.33 bits per heavy atom. The van der Waals surface area contributed by atoms with E-state index in [4.69, 9.17) is 10.5 Å². The first-order valence-electron chi connectivity index (χ1n) is 7.04. The smallest absolute Gasteiger partial charge is 0.190 e. The second kappa shape index (κ2) is 13.8. The number of hydrogen-bond acceptors (Lipinski definition) is 3. The molecule has 0 radical (unpaired) electrons. The van der Waals surface area contributed by atoms with Gasteiger partial charge < -0.3 is 4.48 Å². The van der Waals surface area contributed by atoms with E-state index in [0.29, 0.717) is 0 Å². The average Bonchev–Trinajstić information content (AvgIpc) is 2.42. The summed E-state index contributed by atoms with van der Waals surface area (Å²) in [5.41, 5.74) is 0. The number of rotatable bonds is 8. The van der Waals surface area contributed by atoms with Crippen molar-refractivity contribution in [2.75, 3.05) is 26.2 Å². The van der Waals surface area contributed by atoms with Crippen LogP contribution < -0.4 is 5.32 Å². The topological polar surface area (TPSA) is 59.6 Å².